The van der Waals surface area contributed by atoms with E-state index in [1.165, 1.54) is 11.0 Å². The van der Waals surface area contributed by atoms with Crippen LogP contribution >= 0.6 is 0 Å². The van der Waals surface area contributed by atoms with Gasteiger partial charge < -0.3 is 19.5 Å². The standard InChI is InChI=1S/C25H26F3N3O3/c1-2-34-23(32)15-29-24(33)31(16-19-8-4-3-5-9-19)18-22-12-7-13-30(22)17-20-10-6-11-21(14-20)25(26,27)28/h3-14H,2,15-18H2,1H3,(H,29,33). The summed E-state index contributed by atoms with van der Waals surface area (Å²) in [6, 6.07) is 17.7. The van der Waals surface area contributed by atoms with E-state index in [2.05, 4.69) is 5.32 Å². The largest absolute Gasteiger partial charge is 0.465 e. The third-order valence-electron chi connectivity index (χ3n) is 5.08. The number of benzene rings is 2. The van der Waals surface area contributed by atoms with Crippen LogP contribution in [0.3, 0.4) is 0 Å². The van der Waals surface area contributed by atoms with Gasteiger partial charge in [-0.3, -0.25) is 4.79 Å². The highest BCUT2D eigenvalue weighted by Crippen LogP contribution is 2.29. The molecule has 0 saturated heterocycles. The third-order valence-corrected chi connectivity index (χ3v) is 5.08. The fraction of sp³-hybridized carbons (Fsp3) is 0.280. The molecule has 0 aliphatic heterocycles. The molecule has 2 aromatic carbocycles. The van der Waals surface area contributed by atoms with Crippen molar-refractivity contribution in [3.8, 4) is 0 Å². The van der Waals surface area contributed by atoms with Gasteiger partial charge in [0.25, 0.3) is 0 Å². The topological polar surface area (TPSA) is 63.6 Å². The van der Waals surface area contributed by atoms with Gasteiger partial charge in [0, 0.05) is 25.0 Å². The van der Waals surface area contributed by atoms with E-state index in [-0.39, 0.29) is 32.8 Å². The van der Waals surface area contributed by atoms with Crippen LogP contribution in [-0.2, 0) is 35.3 Å². The number of halogens is 3. The second-order valence-corrected chi connectivity index (χ2v) is 7.63. The van der Waals surface area contributed by atoms with Gasteiger partial charge in [-0.15, -0.1) is 0 Å². The number of nitrogens with one attached hydrogen (secondary N) is 1. The van der Waals surface area contributed by atoms with Crippen molar-refractivity contribution in [1.82, 2.24) is 14.8 Å². The van der Waals surface area contributed by atoms with Crippen molar-refractivity contribution >= 4 is 12.0 Å². The summed E-state index contributed by atoms with van der Waals surface area (Å²) < 4.78 is 45.9. The second kappa shape index (κ2) is 11.4. The molecule has 2 amide bonds. The molecule has 6 nitrogen and oxygen atoms in total. The zero-order valence-corrected chi connectivity index (χ0v) is 18.7. The van der Waals surface area contributed by atoms with Crippen molar-refractivity contribution in [3.05, 3.63) is 95.3 Å². The van der Waals surface area contributed by atoms with Crippen molar-refractivity contribution in [3.63, 3.8) is 0 Å². The van der Waals surface area contributed by atoms with Crippen molar-refractivity contribution in [1.29, 1.82) is 0 Å². The van der Waals surface area contributed by atoms with Crippen LogP contribution in [0.5, 0.6) is 0 Å². The van der Waals surface area contributed by atoms with Gasteiger partial charge in [0.1, 0.15) is 6.54 Å². The predicted molar refractivity (Wildman–Crippen MR) is 121 cm³/mol. The normalized spacial score (nSPS) is 11.2. The molecule has 1 aromatic heterocycles. The Hall–Kier alpha value is -3.75. The second-order valence-electron chi connectivity index (χ2n) is 7.63. The van der Waals surface area contributed by atoms with Gasteiger partial charge in [-0.2, -0.15) is 13.2 Å². The molecular weight excluding hydrogens is 447 g/mol. The quantitative estimate of drug-likeness (QED) is 0.453. The fourth-order valence-electron chi connectivity index (χ4n) is 3.46. The molecule has 0 atom stereocenters. The van der Waals surface area contributed by atoms with E-state index in [1.807, 2.05) is 36.4 Å². The van der Waals surface area contributed by atoms with E-state index >= 15 is 0 Å². The first kappa shape index (κ1) is 24.9. The van der Waals surface area contributed by atoms with Gasteiger partial charge in [-0.05, 0) is 42.3 Å². The number of esters is 1. The summed E-state index contributed by atoms with van der Waals surface area (Å²) in [6.07, 6.45) is -2.66. The van der Waals surface area contributed by atoms with Crippen LogP contribution in [0.1, 0.15) is 29.3 Å². The Bertz CT molecular complexity index is 1100. The number of amides is 2. The number of alkyl halides is 3. The summed E-state index contributed by atoms with van der Waals surface area (Å²) in [6.45, 7) is 2.32. The lowest BCUT2D eigenvalue weighted by atomic mass is 10.1. The van der Waals surface area contributed by atoms with Gasteiger partial charge in [0.05, 0.1) is 18.7 Å². The van der Waals surface area contributed by atoms with E-state index in [9.17, 15) is 22.8 Å². The molecule has 180 valence electrons. The first-order chi connectivity index (χ1) is 16.3. The van der Waals surface area contributed by atoms with Crippen LogP contribution in [0.2, 0.25) is 0 Å². The van der Waals surface area contributed by atoms with E-state index in [0.29, 0.717) is 5.56 Å². The Morgan fingerprint density at radius 1 is 0.971 bits per heavy atom. The highest BCUT2D eigenvalue weighted by Gasteiger charge is 2.30. The van der Waals surface area contributed by atoms with Crippen LogP contribution in [0.15, 0.2) is 72.9 Å². The maximum absolute atomic E-state index is 13.1. The molecule has 0 saturated carbocycles. The molecule has 1 heterocycles. The molecule has 3 rings (SSSR count). The summed E-state index contributed by atoms with van der Waals surface area (Å²) in [5, 5.41) is 2.57. The Balaban J connectivity index is 1.77. The van der Waals surface area contributed by atoms with Crippen molar-refractivity contribution < 1.29 is 27.5 Å². The molecule has 3 aromatic rings. The van der Waals surface area contributed by atoms with E-state index < -0.39 is 23.7 Å². The van der Waals surface area contributed by atoms with E-state index in [4.69, 9.17) is 4.74 Å². The predicted octanol–water partition coefficient (Wildman–Crippen LogP) is 4.83. The third kappa shape index (κ3) is 7.13. The first-order valence-corrected chi connectivity index (χ1v) is 10.8. The average molecular weight is 473 g/mol. The SMILES string of the molecule is CCOC(=O)CNC(=O)N(Cc1ccccc1)Cc1cccn1Cc1cccc(C(F)(F)F)c1. The van der Waals surface area contributed by atoms with Crippen LogP contribution in [0, 0.1) is 0 Å². The minimum atomic E-state index is -4.42. The monoisotopic (exact) mass is 473 g/mol. The summed E-state index contributed by atoms with van der Waals surface area (Å²) in [7, 11) is 0. The van der Waals surface area contributed by atoms with Gasteiger partial charge in [0.2, 0.25) is 0 Å². The lowest BCUT2D eigenvalue weighted by Crippen LogP contribution is -2.42. The molecule has 0 aliphatic carbocycles. The molecule has 0 bridgehead atoms. The van der Waals surface area contributed by atoms with Crippen molar-refractivity contribution in [2.75, 3.05) is 13.2 Å². The van der Waals surface area contributed by atoms with Gasteiger partial charge >= 0.3 is 18.2 Å². The Morgan fingerprint density at radius 2 is 1.71 bits per heavy atom. The number of hydrogen-bond donors (Lipinski definition) is 1. The summed E-state index contributed by atoms with van der Waals surface area (Å²) in [5.41, 5.74) is 1.42. The van der Waals surface area contributed by atoms with Gasteiger partial charge in [0.15, 0.2) is 0 Å². The Labute approximate surface area is 195 Å². The highest BCUT2D eigenvalue weighted by atomic mass is 19.4. The smallest absolute Gasteiger partial charge is 0.416 e. The fourth-order valence-corrected chi connectivity index (χ4v) is 3.46. The molecule has 9 heteroatoms. The molecule has 0 spiro atoms. The maximum Gasteiger partial charge on any atom is 0.416 e. The zero-order valence-electron chi connectivity index (χ0n) is 18.7. The van der Waals surface area contributed by atoms with Crippen molar-refractivity contribution in [2.45, 2.75) is 32.7 Å². The number of ether oxygens (including phenoxy) is 1. The number of aromatic nitrogens is 1. The Morgan fingerprint density at radius 3 is 2.41 bits per heavy atom. The molecule has 1 N–H and O–H groups in total. The number of carbonyl (C=O) groups is 2. The Kier molecular flexibility index (Phi) is 8.34. The lowest BCUT2D eigenvalue weighted by Gasteiger charge is -2.24. The van der Waals surface area contributed by atoms with Gasteiger partial charge in [-0.1, -0.05) is 42.5 Å². The number of nitrogens with zero attached hydrogens (tertiary/aromatic N) is 2. The summed E-state index contributed by atoms with van der Waals surface area (Å²) in [4.78, 5) is 26.1. The van der Waals surface area contributed by atoms with Crippen LogP contribution in [0.25, 0.3) is 0 Å². The first-order valence-electron chi connectivity index (χ1n) is 10.8. The zero-order chi connectivity index (χ0) is 24.6. The van der Waals surface area contributed by atoms with E-state index in [1.54, 1.807) is 29.8 Å². The molecule has 34 heavy (non-hydrogen) atoms. The molecule has 0 radical (unpaired) electrons. The van der Waals surface area contributed by atoms with Crippen LogP contribution < -0.4 is 5.32 Å². The minimum absolute atomic E-state index is 0.190. The molecule has 0 unspecified atom stereocenters. The van der Waals surface area contributed by atoms with E-state index in [0.717, 1.165) is 23.4 Å². The van der Waals surface area contributed by atoms with Gasteiger partial charge in [-0.25, -0.2) is 4.79 Å². The number of urea groups is 1. The number of hydrogen-bond acceptors (Lipinski definition) is 3. The number of rotatable bonds is 9. The summed E-state index contributed by atoms with van der Waals surface area (Å²) in [5.74, 6) is -0.538. The highest BCUT2D eigenvalue weighted by molar-refractivity contribution is 5.80. The van der Waals surface area contributed by atoms with Crippen molar-refractivity contribution in [2.24, 2.45) is 0 Å². The molecule has 0 fully saturated rings. The van der Waals surface area contributed by atoms with Crippen LogP contribution in [0.4, 0.5) is 18.0 Å². The lowest BCUT2D eigenvalue weighted by molar-refractivity contribution is -0.142. The molecular formula is C25H26F3N3O3. The molecule has 0 aliphatic rings. The average Bonchev–Trinajstić information content (AvgIpc) is 3.24. The summed E-state index contributed by atoms with van der Waals surface area (Å²) >= 11 is 0. The number of carbonyl (C=O) groups excluding carboxylic acids is 2. The maximum atomic E-state index is 13.1. The minimum Gasteiger partial charge on any atom is -0.465 e. The van der Waals surface area contributed by atoms with Crippen LogP contribution in [-0.4, -0.2) is 34.6 Å².